The van der Waals surface area contributed by atoms with Crippen LogP contribution in [-0.4, -0.2) is 33.0 Å². The van der Waals surface area contributed by atoms with Gasteiger partial charge in [-0.05, 0) is 50.2 Å². The van der Waals surface area contributed by atoms with E-state index in [-0.39, 0.29) is 0 Å². The fourth-order valence-electron chi connectivity index (χ4n) is 2.67. The van der Waals surface area contributed by atoms with Gasteiger partial charge in [0.15, 0.2) is 5.82 Å². The van der Waals surface area contributed by atoms with E-state index in [1.165, 1.54) is 11.3 Å². The molecular weight excluding hydrogens is 348 g/mol. The van der Waals surface area contributed by atoms with E-state index in [1.807, 2.05) is 62.4 Å². The van der Waals surface area contributed by atoms with Gasteiger partial charge in [-0.3, -0.25) is 0 Å². The molecule has 0 spiro atoms. The van der Waals surface area contributed by atoms with Gasteiger partial charge in [-0.1, -0.05) is 23.5 Å². The molecule has 0 unspecified atom stereocenters. The highest BCUT2D eigenvalue weighted by Crippen LogP contribution is 2.30. The molecule has 2 heterocycles. The van der Waals surface area contributed by atoms with Gasteiger partial charge in [-0.2, -0.15) is 9.61 Å². The minimum Gasteiger partial charge on any atom is -0.494 e. The van der Waals surface area contributed by atoms with E-state index in [1.54, 1.807) is 4.52 Å². The van der Waals surface area contributed by atoms with Gasteiger partial charge in [0.25, 0.3) is 0 Å². The van der Waals surface area contributed by atoms with Gasteiger partial charge in [0.2, 0.25) is 4.96 Å². The first-order chi connectivity index (χ1) is 12.8. The summed E-state index contributed by atoms with van der Waals surface area (Å²) in [6.07, 6.45) is 0. The molecule has 6 nitrogen and oxygen atoms in total. The largest absolute Gasteiger partial charge is 0.494 e. The highest BCUT2D eigenvalue weighted by molar-refractivity contribution is 7.19. The molecule has 0 saturated carbocycles. The molecule has 0 aliphatic heterocycles. The predicted molar refractivity (Wildman–Crippen MR) is 102 cm³/mol. The third-order valence-electron chi connectivity index (χ3n) is 3.81. The summed E-state index contributed by atoms with van der Waals surface area (Å²) in [6.45, 7) is 5.21. The Bertz CT molecular complexity index is 1020. The number of fused-ring (bicyclic) bond motifs is 1. The average Bonchev–Trinajstić information content (AvgIpc) is 3.24. The molecule has 0 bridgehead atoms. The maximum Gasteiger partial charge on any atom is 0.235 e. The minimum atomic E-state index is 0.622. The van der Waals surface area contributed by atoms with Gasteiger partial charge in [0, 0.05) is 11.1 Å². The normalized spacial score (nSPS) is 11.0. The quantitative estimate of drug-likeness (QED) is 0.509. The zero-order chi connectivity index (χ0) is 17.9. The summed E-state index contributed by atoms with van der Waals surface area (Å²) in [5, 5.41) is 14.1. The summed E-state index contributed by atoms with van der Waals surface area (Å²) >= 11 is 1.51. The molecule has 132 valence electrons. The first kappa shape index (κ1) is 16.5. The van der Waals surface area contributed by atoms with E-state index in [2.05, 4.69) is 10.2 Å². The summed E-state index contributed by atoms with van der Waals surface area (Å²) in [7, 11) is 0. The lowest BCUT2D eigenvalue weighted by atomic mass is 10.2. The molecular formula is C19H18N4O2S. The van der Waals surface area contributed by atoms with E-state index in [0.29, 0.717) is 19.0 Å². The van der Waals surface area contributed by atoms with Crippen LogP contribution >= 0.6 is 11.3 Å². The average molecular weight is 366 g/mol. The second-order valence-electron chi connectivity index (χ2n) is 5.54. The van der Waals surface area contributed by atoms with Crippen LogP contribution in [-0.2, 0) is 0 Å². The van der Waals surface area contributed by atoms with Gasteiger partial charge in [-0.25, -0.2) is 0 Å². The Kier molecular flexibility index (Phi) is 4.53. The molecule has 2 aromatic carbocycles. The van der Waals surface area contributed by atoms with Crippen molar-refractivity contribution in [2.45, 2.75) is 13.8 Å². The van der Waals surface area contributed by atoms with Crippen molar-refractivity contribution in [2.75, 3.05) is 13.2 Å². The SMILES string of the molecule is CCOc1ccc(-c2nn3c(-c4cccc(OCC)c4)nnc3s2)cc1. The molecule has 0 saturated heterocycles. The molecule has 2 aromatic heterocycles. The number of aromatic nitrogens is 4. The number of benzene rings is 2. The van der Waals surface area contributed by atoms with Crippen molar-refractivity contribution in [2.24, 2.45) is 0 Å². The van der Waals surface area contributed by atoms with Gasteiger partial charge >= 0.3 is 0 Å². The second-order valence-corrected chi connectivity index (χ2v) is 6.50. The molecule has 26 heavy (non-hydrogen) atoms. The highest BCUT2D eigenvalue weighted by atomic mass is 32.1. The molecule has 0 radical (unpaired) electrons. The van der Waals surface area contributed by atoms with Gasteiger partial charge < -0.3 is 9.47 Å². The lowest BCUT2D eigenvalue weighted by molar-refractivity contribution is 0.340. The lowest BCUT2D eigenvalue weighted by Crippen LogP contribution is -1.94. The van der Waals surface area contributed by atoms with E-state index in [9.17, 15) is 0 Å². The van der Waals surface area contributed by atoms with Crippen molar-refractivity contribution < 1.29 is 9.47 Å². The molecule has 4 aromatic rings. The maximum absolute atomic E-state index is 5.58. The second kappa shape index (κ2) is 7.13. The highest BCUT2D eigenvalue weighted by Gasteiger charge is 2.15. The maximum atomic E-state index is 5.58. The lowest BCUT2D eigenvalue weighted by Gasteiger charge is -2.04. The summed E-state index contributed by atoms with van der Waals surface area (Å²) in [6, 6.07) is 15.7. The van der Waals surface area contributed by atoms with Crippen LogP contribution in [0.5, 0.6) is 11.5 Å². The first-order valence-corrected chi connectivity index (χ1v) is 9.29. The van der Waals surface area contributed by atoms with Gasteiger partial charge in [0.05, 0.1) is 13.2 Å². The topological polar surface area (TPSA) is 61.5 Å². The molecule has 0 fully saturated rings. The van der Waals surface area contributed by atoms with Crippen LogP contribution < -0.4 is 9.47 Å². The van der Waals surface area contributed by atoms with E-state index >= 15 is 0 Å². The van der Waals surface area contributed by atoms with Crippen LogP contribution in [0.4, 0.5) is 0 Å². The summed E-state index contributed by atoms with van der Waals surface area (Å²) in [4.78, 5) is 0.755. The minimum absolute atomic E-state index is 0.622. The zero-order valence-corrected chi connectivity index (χ0v) is 15.4. The van der Waals surface area contributed by atoms with Crippen LogP contribution in [0.3, 0.4) is 0 Å². The predicted octanol–water partition coefficient (Wildman–Crippen LogP) is 4.32. The smallest absolute Gasteiger partial charge is 0.235 e. The monoisotopic (exact) mass is 366 g/mol. The van der Waals surface area contributed by atoms with Crippen molar-refractivity contribution in [3.63, 3.8) is 0 Å². The third kappa shape index (κ3) is 3.13. The van der Waals surface area contributed by atoms with Crippen LogP contribution in [0, 0.1) is 0 Å². The Morgan fingerprint density at radius 1 is 0.885 bits per heavy atom. The number of rotatable bonds is 6. The van der Waals surface area contributed by atoms with Crippen molar-refractivity contribution >= 4 is 16.3 Å². The molecule has 4 rings (SSSR count). The summed E-state index contributed by atoms with van der Waals surface area (Å²) in [5.74, 6) is 2.37. The van der Waals surface area contributed by atoms with Crippen LogP contribution in [0.15, 0.2) is 48.5 Å². The van der Waals surface area contributed by atoms with Crippen molar-refractivity contribution in [1.82, 2.24) is 19.8 Å². The van der Waals surface area contributed by atoms with Crippen molar-refractivity contribution in [1.29, 1.82) is 0 Å². The van der Waals surface area contributed by atoms with Gasteiger partial charge in [0.1, 0.15) is 16.5 Å². The zero-order valence-electron chi connectivity index (χ0n) is 14.5. The van der Waals surface area contributed by atoms with Crippen LogP contribution in [0.25, 0.3) is 26.9 Å². The van der Waals surface area contributed by atoms with E-state index in [0.717, 1.165) is 32.6 Å². The van der Waals surface area contributed by atoms with Gasteiger partial charge in [-0.15, -0.1) is 10.2 Å². The van der Waals surface area contributed by atoms with Crippen LogP contribution in [0.2, 0.25) is 0 Å². The number of nitrogens with zero attached hydrogens (tertiary/aromatic N) is 4. The van der Waals surface area contributed by atoms with Crippen molar-refractivity contribution in [3.8, 4) is 33.5 Å². The number of ether oxygens (including phenoxy) is 2. The Hall–Kier alpha value is -2.93. The summed E-state index contributed by atoms with van der Waals surface area (Å²) in [5.41, 5.74) is 1.95. The molecule has 0 aliphatic carbocycles. The Morgan fingerprint density at radius 3 is 2.42 bits per heavy atom. The first-order valence-electron chi connectivity index (χ1n) is 8.47. The Labute approximate surface area is 155 Å². The number of hydrogen-bond donors (Lipinski definition) is 0. The summed E-state index contributed by atoms with van der Waals surface area (Å²) < 4.78 is 12.8. The molecule has 0 aliphatic rings. The number of hydrogen-bond acceptors (Lipinski definition) is 6. The molecule has 0 N–H and O–H groups in total. The Balaban J connectivity index is 1.70. The fraction of sp³-hybridized carbons (Fsp3) is 0.211. The molecule has 0 amide bonds. The third-order valence-corrected chi connectivity index (χ3v) is 4.75. The Morgan fingerprint density at radius 2 is 1.65 bits per heavy atom. The molecule has 0 atom stereocenters. The van der Waals surface area contributed by atoms with E-state index < -0.39 is 0 Å². The van der Waals surface area contributed by atoms with Crippen molar-refractivity contribution in [3.05, 3.63) is 48.5 Å². The van der Waals surface area contributed by atoms with Crippen LogP contribution in [0.1, 0.15) is 13.8 Å². The van der Waals surface area contributed by atoms with E-state index in [4.69, 9.17) is 14.6 Å². The molecule has 7 heteroatoms. The standard InChI is InChI=1S/C19H18N4O2S/c1-3-24-15-10-8-13(9-11-15)18-22-23-17(20-21-19(23)26-18)14-6-5-7-16(12-14)25-4-2/h5-12H,3-4H2,1-2H3. The fourth-order valence-corrected chi connectivity index (χ4v) is 3.51.